The molecule has 1 aliphatic rings. The number of benzene rings is 2. The van der Waals surface area contributed by atoms with E-state index in [4.69, 9.17) is 25.8 Å². The maximum absolute atomic E-state index is 11.9. The van der Waals surface area contributed by atoms with Crippen molar-refractivity contribution in [2.75, 3.05) is 32.2 Å². The number of nitrogens with one attached hydrogen (secondary N) is 1. The molecule has 0 bridgehead atoms. The van der Waals surface area contributed by atoms with Crippen LogP contribution < -0.4 is 14.8 Å². The number of anilines is 1. The average Bonchev–Trinajstić information content (AvgIpc) is 2.76. The molecular weight excluding hydrogens is 414 g/mol. The van der Waals surface area contributed by atoms with E-state index >= 15 is 0 Å². The van der Waals surface area contributed by atoms with Crippen molar-refractivity contribution in [1.29, 1.82) is 0 Å². The molecule has 0 unspecified atom stereocenters. The SMILES string of the molecule is COC(=O)c1ccc(NC(=O)COC(=O)C=Cc2cc(Cl)c3c(c2)OCCO3)cc1. The quantitative estimate of drug-likeness (QED) is 0.554. The van der Waals surface area contributed by atoms with Gasteiger partial charge in [0.15, 0.2) is 18.1 Å². The van der Waals surface area contributed by atoms with Crippen LogP contribution in [0.3, 0.4) is 0 Å². The van der Waals surface area contributed by atoms with Crippen LogP contribution >= 0.6 is 11.6 Å². The number of halogens is 1. The number of hydrogen-bond acceptors (Lipinski definition) is 7. The number of methoxy groups -OCH3 is 1. The van der Waals surface area contributed by atoms with Gasteiger partial charge < -0.3 is 24.3 Å². The Hall–Kier alpha value is -3.52. The molecule has 0 atom stereocenters. The number of esters is 2. The number of hydrogen-bond donors (Lipinski definition) is 1. The summed E-state index contributed by atoms with van der Waals surface area (Å²) in [7, 11) is 1.28. The predicted molar refractivity (Wildman–Crippen MR) is 109 cm³/mol. The molecule has 0 aromatic heterocycles. The molecule has 30 heavy (non-hydrogen) atoms. The number of carbonyl (C=O) groups is 3. The molecule has 0 fully saturated rings. The Morgan fingerprint density at radius 2 is 1.87 bits per heavy atom. The lowest BCUT2D eigenvalue weighted by molar-refractivity contribution is -0.142. The highest BCUT2D eigenvalue weighted by molar-refractivity contribution is 6.32. The van der Waals surface area contributed by atoms with Gasteiger partial charge in [0.05, 0.1) is 17.7 Å². The molecule has 2 aromatic carbocycles. The topological polar surface area (TPSA) is 100 Å². The molecular formula is C21H18ClNO7. The Balaban J connectivity index is 1.50. The van der Waals surface area contributed by atoms with Crippen LogP contribution in [-0.4, -0.2) is 44.8 Å². The van der Waals surface area contributed by atoms with Crippen LogP contribution in [0, 0.1) is 0 Å². The van der Waals surface area contributed by atoms with Crippen molar-refractivity contribution in [3.63, 3.8) is 0 Å². The summed E-state index contributed by atoms with van der Waals surface area (Å²) in [5.74, 6) is -0.728. The Labute approximate surface area is 177 Å². The largest absolute Gasteiger partial charge is 0.486 e. The lowest BCUT2D eigenvalue weighted by atomic mass is 10.2. The average molecular weight is 432 g/mol. The van der Waals surface area contributed by atoms with Gasteiger partial charge in [-0.15, -0.1) is 0 Å². The molecule has 0 radical (unpaired) electrons. The van der Waals surface area contributed by atoms with Crippen LogP contribution in [0.4, 0.5) is 5.69 Å². The number of ether oxygens (including phenoxy) is 4. The normalized spacial score (nSPS) is 12.3. The fraction of sp³-hybridized carbons (Fsp3) is 0.190. The zero-order chi connectivity index (χ0) is 21.5. The molecule has 9 heteroatoms. The van der Waals surface area contributed by atoms with Crippen LogP contribution in [0.25, 0.3) is 6.08 Å². The second kappa shape index (κ2) is 9.80. The van der Waals surface area contributed by atoms with Gasteiger partial charge in [0, 0.05) is 11.8 Å². The Bertz CT molecular complexity index is 986. The van der Waals surface area contributed by atoms with Gasteiger partial charge in [0.25, 0.3) is 5.91 Å². The minimum atomic E-state index is -0.697. The summed E-state index contributed by atoms with van der Waals surface area (Å²) in [6.07, 6.45) is 2.68. The summed E-state index contributed by atoms with van der Waals surface area (Å²) in [4.78, 5) is 35.2. The van der Waals surface area contributed by atoms with Crippen LogP contribution in [-0.2, 0) is 19.1 Å². The van der Waals surface area contributed by atoms with E-state index < -0.39 is 24.5 Å². The molecule has 1 amide bonds. The molecule has 3 rings (SSSR count). The van der Waals surface area contributed by atoms with Crippen molar-refractivity contribution in [2.24, 2.45) is 0 Å². The van der Waals surface area contributed by atoms with Crippen molar-refractivity contribution in [2.45, 2.75) is 0 Å². The molecule has 156 valence electrons. The molecule has 1 N–H and O–H groups in total. The highest BCUT2D eigenvalue weighted by atomic mass is 35.5. The van der Waals surface area contributed by atoms with E-state index in [9.17, 15) is 14.4 Å². The highest BCUT2D eigenvalue weighted by Crippen LogP contribution is 2.38. The van der Waals surface area contributed by atoms with Crippen LogP contribution in [0.5, 0.6) is 11.5 Å². The number of fused-ring (bicyclic) bond motifs is 1. The number of carbonyl (C=O) groups excluding carboxylic acids is 3. The highest BCUT2D eigenvalue weighted by Gasteiger charge is 2.16. The van der Waals surface area contributed by atoms with Crippen molar-refractivity contribution >= 4 is 41.2 Å². The second-order valence-corrected chi connectivity index (χ2v) is 6.49. The maximum atomic E-state index is 11.9. The first-order valence-corrected chi connectivity index (χ1v) is 9.26. The molecule has 0 aliphatic carbocycles. The van der Waals surface area contributed by atoms with Crippen LogP contribution in [0.1, 0.15) is 15.9 Å². The molecule has 2 aromatic rings. The van der Waals surface area contributed by atoms with E-state index in [0.29, 0.717) is 46.5 Å². The fourth-order valence-electron chi connectivity index (χ4n) is 2.58. The van der Waals surface area contributed by atoms with Gasteiger partial charge in [-0.25, -0.2) is 9.59 Å². The molecule has 0 saturated carbocycles. The van der Waals surface area contributed by atoms with E-state index in [0.717, 1.165) is 0 Å². The van der Waals surface area contributed by atoms with E-state index in [1.807, 2.05) is 0 Å². The zero-order valence-corrected chi connectivity index (χ0v) is 16.7. The predicted octanol–water partition coefficient (Wildman–Crippen LogP) is 3.09. The summed E-state index contributed by atoms with van der Waals surface area (Å²) >= 11 is 6.14. The molecule has 8 nitrogen and oxygen atoms in total. The second-order valence-electron chi connectivity index (χ2n) is 6.09. The van der Waals surface area contributed by atoms with Gasteiger partial charge in [-0.05, 0) is 48.0 Å². The van der Waals surface area contributed by atoms with E-state index in [1.54, 1.807) is 12.1 Å². The summed E-state index contributed by atoms with van der Waals surface area (Å²) in [6.45, 7) is 0.370. The Kier molecular flexibility index (Phi) is 6.92. The third-order valence-corrected chi connectivity index (χ3v) is 4.25. The lowest BCUT2D eigenvalue weighted by Crippen LogP contribution is -2.20. The first-order valence-electron chi connectivity index (χ1n) is 8.88. The van der Waals surface area contributed by atoms with Crippen molar-refractivity contribution < 1.29 is 33.3 Å². The minimum Gasteiger partial charge on any atom is -0.486 e. The van der Waals surface area contributed by atoms with Gasteiger partial charge in [0.1, 0.15) is 13.2 Å². The number of amides is 1. The molecule has 0 spiro atoms. The van der Waals surface area contributed by atoms with Crippen LogP contribution in [0.2, 0.25) is 5.02 Å². The maximum Gasteiger partial charge on any atom is 0.337 e. The monoisotopic (exact) mass is 431 g/mol. The Morgan fingerprint density at radius 3 is 2.60 bits per heavy atom. The van der Waals surface area contributed by atoms with Crippen LogP contribution in [0.15, 0.2) is 42.5 Å². The standard InChI is InChI=1S/C21H18ClNO7/c1-27-21(26)14-3-5-15(6-4-14)23-18(24)12-30-19(25)7-2-13-10-16(22)20-17(11-13)28-8-9-29-20/h2-7,10-11H,8-9,12H2,1H3,(H,23,24). The third kappa shape index (κ3) is 5.51. The lowest BCUT2D eigenvalue weighted by Gasteiger charge is -2.19. The zero-order valence-electron chi connectivity index (χ0n) is 16.0. The Morgan fingerprint density at radius 1 is 1.13 bits per heavy atom. The van der Waals surface area contributed by atoms with E-state index in [-0.39, 0.29) is 0 Å². The summed E-state index contributed by atoms with van der Waals surface area (Å²) in [6, 6.07) is 9.41. The molecule has 0 saturated heterocycles. The van der Waals surface area contributed by atoms with Gasteiger partial charge in [-0.2, -0.15) is 0 Å². The smallest absolute Gasteiger partial charge is 0.337 e. The summed E-state index contributed by atoms with van der Waals surface area (Å²) in [5, 5.41) is 2.93. The van der Waals surface area contributed by atoms with Gasteiger partial charge in [-0.1, -0.05) is 11.6 Å². The van der Waals surface area contributed by atoms with Gasteiger partial charge in [0.2, 0.25) is 0 Å². The first kappa shape index (κ1) is 21.2. The molecule has 1 heterocycles. The van der Waals surface area contributed by atoms with E-state index in [2.05, 4.69) is 10.1 Å². The first-order chi connectivity index (χ1) is 14.5. The van der Waals surface area contributed by atoms with Gasteiger partial charge >= 0.3 is 11.9 Å². The minimum absolute atomic E-state index is 0.353. The van der Waals surface area contributed by atoms with E-state index in [1.165, 1.54) is 43.5 Å². The summed E-state index contributed by atoms with van der Waals surface area (Å²) < 4.78 is 20.4. The van der Waals surface area contributed by atoms with Crippen molar-refractivity contribution in [1.82, 2.24) is 0 Å². The van der Waals surface area contributed by atoms with Gasteiger partial charge in [-0.3, -0.25) is 4.79 Å². The fourth-order valence-corrected chi connectivity index (χ4v) is 2.85. The molecule has 1 aliphatic heterocycles. The van der Waals surface area contributed by atoms with Crippen molar-refractivity contribution in [3.8, 4) is 11.5 Å². The summed E-state index contributed by atoms with van der Waals surface area (Å²) in [5.41, 5.74) is 1.42. The van der Waals surface area contributed by atoms with Crippen molar-refractivity contribution in [3.05, 3.63) is 58.6 Å². The third-order valence-electron chi connectivity index (χ3n) is 3.97. The number of rotatable bonds is 6.